The molecule has 1 aromatic heterocycles. The third kappa shape index (κ3) is 2.53. The van der Waals surface area contributed by atoms with Gasteiger partial charge in [0, 0.05) is 29.4 Å². The van der Waals surface area contributed by atoms with Crippen LogP contribution in [0.15, 0.2) is 0 Å². The molecule has 20 heavy (non-hydrogen) atoms. The van der Waals surface area contributed by atoms with E-state index in [4.69, 9.17) is 4.98 Å². The molecule has 0 amide bonds. The van der Waals surface area contributed by atoms with Crippen molar-refractivity contribution in [2.45, 2.75) is 70.0 Å². The van der Waals surface area contributed by atoms with Gasteiger partial charge in [0.05, 0.1) is 10.7 Å². The van der Waals surface area contributed by atoms with Crippen LogP contribution in [0.1, 0.15) is 66.9 Å². The lowest BCUT2D eigenvalue weighted by Crippen LogP contribution is -2.39. The molecule has 0 spiro atoms. The molecule has 112 valence electrons. The van der Waals surface area contributed by atoms with Gasteiger partial charge in [-0.15, -0.1) is 11.3 Å². The fraction of sp³-hybridized carbons (Fsp3) is 0.812. The summed E-state index contributed by atoms with van der Waals surface area (Å²) in [4.78, 5) is 9.09. The minimum absolute atomic E-state index is 0.534. The Kier molecular flexibility index (Phi) is 4.16. The second-order valence-corrected chi connectivity index (χ2v) is 7.88. The van der Waals surface area contributed by atoms with Gasteiger partial charge in [-0.05, 0) is 45.7 Å². The Balaban J connectivity index is 1.82. The molecule has 4 heteroatoms. The van der Waals surface area contributed by atoms with Crippen LogP contribution in [0, 0.1) is 0 Å². The van der Waals surface area contributed by atoms with Crippen LogP contribution in [0.4, 0.5) is 0 Å². The molecular formula is C16H27N3S. The van der Waals surface area contributed by atoms with Crippen LogP contribution in [0.5, 0.6) is 0 Å². The molecule has 0 aliphatic carbocycles. The first-order valence-electron chi connectivity index (χ1n) is 7.96. The van der Waals surface area contributed by atoms with Crippen LogP contribution in [-0.2, 0) is 6.54 Å². The molecule has 2 aliphatic rings. The third-order valence-corrected chi connectivity index (χ3v) is 6.31. The molecule has 0 aromatic carbocycles. The molecule has 2 bridgehead atoms. The van der Waals surface area contributed by atoms with Crippen molar-refractivity contribution in [3.05, 3.63) is 15.6 Å². The monoisotopic (exact) mass is 293 g/mol. The van der Waals surface area contributed by atoms with Crippen LogP contribution in [0.25, 0.3) is 0 Å². The summed E-state index contributed by atoms with van der Waals surface area (Å²) in [6, 6.07) is 1.61. The molecule has 2 unspecified atom stereocenters. The van der Waals surface area contributed by atoms with E-state index in [2.05, 4.69) is 31.1 Å². The summed E-state index contributed by atoms with van der Waals surface area (Å²) in [6.07, 6.45) is 5.42. The predicted octanol–water partition coefficient (Wildman–Crippen LogP) is 3.33. The summed E-state index contributed by atoms with van der Waals surface area (Å²) in [7, 11) is 4.34. The molecule has 2 saturated heterocycles. The van der Waals surface area contributed by atoms with Crippen molar-refractivity contribution in [1.82, 2.24) is 15.2 Å². The van der Waals surface area contributed by atoms with Crippen molar-refractivity contribution in [2.75, 3.05) is 14.1 Å². The highest BCUT2D eigenvalue weighted by Crippen LogP contribution is 2.44. The third-order valence-electron chi connectivity index (χ3n) is 5.08. The lowest BCUT2D eigenvalue weighted by Gasteiger charge is -2.35. The van der Waals surface area contributed by atoms with E-state index in [0.29, 0.717) is 11.8 Å². The van der Waals surface area contributed by atoms with Crippen LogP contribution >= 0.6 is 11.3 Å². The van der Waals surface area contributed by atoms with E-state index in [-0.39, 0.29) is 0 Å². The quantitative estimate of drug-likeness (QED) is 0.923. The van der Waals surface area contributed by atoms with E-state index in [1.165, 1.54) is 41.3 Å². The largest absolute Gasteiger partial charge is 0.315 e. The van der Waals surface area contributed by atoms with Gasteiger partial charge in [0.15, 0.2) is 0 Å². The summed E-state index contributed by atoms with van der Waals surface area (Å²) in [5, 5.41) is 4.70. The Bertz CT molecular complexity index is 454. The highest BCUT2D eigenvalue weighted by molar-refractivity contribution is 7.11. The molecule has 1 N–H and O–H groups in total. The van der Waals surface area contributed by atoms with Gasteiger partial charge in [0.1, 0.15) is 0 Å². The van der Waals surface area contributed by atoms with Crippen molar-refractivity contribution in [3.63, 3.8) is 0 Å². The average molecular weight is 293 g/mol. The zero-order valence-electron chi connectivity index (χ0n) is 13.1. The van der Waals surface area contributed by atoms with Gasteiger partial charge < -0.3 is 10.2 Å². The number of aromatic nitrogens is 1. The molecule has 3 rings (SSSR count). The Hall–Kier alpha value is -0.450. The molecular weight excluding hydrogens is 266 g/mol. The van der Waals surface area contributed by atoms with E-state index in [1.54, 1.807) is 0 Å². The lowest BCUT2D eigenvalue weighted by molar-refractivity contribution is 0.161. The van der Waals surface area contributed by atoms with Gasteiger partial charge in [0.2, 0.25) is 0 Å². The summed E-state index contributed by atoms with van der Waals surface area (Å²) in [5.74, 6) is 1.24. The van der Waals surface area contributed by atoms with Crippen LogP contribution in [0.2, 0.25) is 0 Å². The van der Waals surface area contributed by atoms with Crippen molar-refractivity contribution in [3.8, 4) is 0 Å². The molecule has 2 aliphatic heterocycles. The number of piperidine rings is 1. The summed E-state index contributed by atoms with van der Waals surface area (Å²) in [5.41, 5.74) is 1.32. The predicted molar refractivity (Wildman–Crippen MR) is 85.5 cm³/mol. The van der Waals surface area contributed by atoms with Crippen LogP contribution in [0.3, 0.4) is 0 Å². The molecule has 3 heterocycles. The zero-order chi connectivity index (χ0) is 14.3. The number of thiazole rings is 1. The number of hydrogen-bond donors (Lipinski definition) is 1. The second kappa shape index (κ2) is 5.74. The van der Waals surface area contributed by atoms with Crippen molar-refractivity contribution < 1.29 is 0 Å². The lowest BCUT2D eigenvalue weighted by atomic mass is 9.91. The fourth-order valence-corrected chi connectivity index (χ4v) is 5.27. The first kappa shape index (κ1) is 14.5. The number of fused-ring (bicyclic) bond motifs is 2. The maximum absolute atomic E-state index is 5.03. The molecule has 2 fully saturated rings. The zero-order valence-corrected chi connectivity index (χ0v) is 14.0. The Morgan fingerprint density at radius 3 is 2.50 bits per heavy atom. The number of nitrogens with one attached hydrogen (secondary N) is 1. The molecule has 0 saturated carbocycles. The van der Waals surface area contributed by atoms with Crippen LogP contribution < -0.4 is 5.32 Å². The summed E-state index contributed by atoms with van der Waals surface area (Å²) in [6.45, 7) is 5.48. The van der Waals surface area contributed by atoms with Gasteiger partial charge in [-0.1, -0.05) is 13.8 Å². The van der Waals surface area contributed by atoms with Crippen LogP contribution in [-0.4, -0.2) is 36.1 Å². The Morgan fingerprint density at radius 2 is 1.95 bits per heavy atom. The van der Waals surface area contributed by atoms with Gasteiger partial charge in [0.25, 0.3) is 0 Å². The first-order chi connectivity index (χ1) is 9.60. The topological polar surface area (TPSA) is 28.2 Å². The van der Waals surface area contributed by atoms with E-state index < -0.39 is 0 Å². The van der Waals surface area contributed by atoms with Crippen molar-refractivity contribution in [2.24, 2.45) is 0 Å². The van der Waals surface area contributed by atoms with Crippen molar-refractivity contribution >= 4 is 11.3 Å². The SMILES string of the molecule is CNCc1sc(C2CC3CCC(C2)N3C)nc1C(C)C. The molecule has 0 radical (unpaired) electrons. The van der Waals surface area contributed by atoms with E-state index in [9.17, 15) is 0 Å². The average Bonchev–Trinajstić information content (AvgIpc) is 2.89. The minimum atomic E-state index is 0.534. The number of hydrogen-bond acceptors (Lipinski definition) is 4. The fourth-order valence-electron chi connectivity index (χ4n) is 3.91. The van der Waals surface area contributed by atoms with E-state index in [0.717, 1.165) is 18.6 Å². The van der Waals surface area contributed by atoms with Gasteiger partial charge in [-0.3, -0.25) is 0 Å². The van der Waals surface area contributed by atoms with Gasteiger partial charge in [-0.25, -0.2) is 4.98 Å². The minimum Gasteiger partial charge on any atom is -0.315 e. The number of rotatable bonds is 4. The Labute approximate surface area is 126 Å². The molecule has 2 atom stereocenters. The smallest absolute Gasteiger partial charge is 0.0963 e. The summed E-state index contributed by atoms with van der Waals surface area (Å²) >= 11 is 1.96. The van der Waals surface area contributed by atoms with Crippen molar-refractivity contribution in [1.29, 1.82) is 0 Å². The molecule has 1 aromatic rings. The normalized spacial score (nSPS) is 30.4. The molecule has 3 nitrogen and oxygen atoms in total. The van der Waals surface area contributed by atoms with E-state index >= 15 is 0 Å². The van der Waals surface area contributed by atoms with Gasteiger partial charge in [-0.2, -0.15) is 0 Å². The summed E-state index contributed by atoms with van der Waals surface area (Å²) < 4.78 is 0. The second-order valence-electron chi connectivity index (χ2n) is 6.76. The van der Waals surface area contributed by atoms with E-state index in [1.807, 2.05) is 18.4 Å². The number of nitrogens with zero attached hydrogens (tertiary/aromatic N) is 2. The maximum atomic E-state index is 5.03. The standard InChI is InChI=1S/C16H27N3S/c1-10(2)15-14(9-17-3)20-16(18-15)11-7-12-5-6-13(8-11)19(12)4/h10-13,17H,5-9H2,1-4H3. The highest BCUT2D eigenvalue weighted by atomic mass is 32.1. The highest BCUT2D eigenvalue weighted by Gasteiger charge is 2.40. The van der Waals surface area contributed by atoms with Gasteiger partial charge >= 0.3 is 0 Å². The maximum Gasteiger partial charge on any atom is 0.0963 e. The first-order valence-corrected chi connectivity index (χ1v) is 8.77. The Morgan fingerprint density at radius 1 is 1.30 bits per heavy atom.